The van der Waals surface area contributed by atoms with Gasteiger partial charge in [-0.1, -0.05) is 12.1 Å². The van der Waals surface area contributed by atoms with Gasteiger partial charge in [-0.15, -0.1) is 0 Å². The summed E-state index contributed by atoms with van der Waals surface area (Å²) < 4.78 is 23.9. The van der Waals surface area contributed by atoms with Crippen LogP contribution in [-0.4, -0.2) is 25.5 Å². The molecule has 1 atom stereocenters. The van der Waals surface area contributed by atoms with Gasteiger partial charge in [-0.05, 0) is 72.1 Å². The van der Waals surface area contributed by atoms with Crippen molar-refractivity contribution in [3.8, 4) is 11.5 Å². The molecule has 32 heavy (non-hydrogen) atoms. The average molecular weight is 434 g/mol. The summed E-state index contributed by atoms with van der Waals surface area (Å²) in [5, 5.41) is 5.75. The largest absolute Gasteiger partial charge is 0.497 e. The first-order chi connectivity index (χ1) is 15.5. The first kappa shape index (κ1) is 21.4. The minimum absolute atomic E-state index is 0.132. The molecule has 2 N–H and O–H groups in total. The van der Waals surface area contributed by atoms with Crippen molar-refractivity contribution in [1.29, 1.82) is 0 Å². The summed E-state index contributed by atoms with van der Waals surface area (Å²) >= 11 is 0. The van der Waals surface area contributed by atoms with Crippen molar-refractivity contribution in [2.45, 2.75) is 13.0 Å². The second kappa shape index (κ2) is 9.51. The maximum atomic E-state index is 13.0. The molecule has 3 aromatic rings. The molecule has 1 heterocycles. The lowest BCUT2D eigenvalue weighted by Gasteiger charge is -2.25. The normalized spacial score (nSPS) is 14.6. The van der Waals surface area contributed by atoms with Gasteiger partial charge in [0.25, 0.3) is 5.91 Å². The molecule has 6 nitrogen and oxygen atoms in total. The minimum atomic E-state index is -0.351. The lowest BCUT2D eigenvalue weighted by molar-refractivity contribution is -0.126. The maximum Gasteiger partial charge on any atom is 0.255 e. The van der Waals surface area contributed by atoms with Gasteiger partial charge in [-0.3, -0.25) is 9.59 Å². The minimum Gasteiger partial charge on any atom is -0.497 e. The molecular formula is C25H23FN2O4. The number of carbonyl (C=O) groups excluding carboxylic acids is 2. The zero-order valence-electron chi connectivity index (χ0n) is 17.6. The van der Waals surface area contributed by atoms with Crippen LogP contribution in [0.4, 0.5) is 10.1 Å². The van der Waals surface area contributed by atoms with Gasteiger partial charge in [-0.2, -0.15) is 0 Å². The second-order valence-electron chi connectivity index (χ2n) is 7.56. The monoisotopic (exact) mass is 434 g/mol. The van der Waals surface area contributed by atoms with Crippen LogP contribution in [0, 0.1) is 11.7 Å². The van der Waals surface area contributed by atoms with Gasteiger partial charge in [-0.25, -0.2) is 4.39 Å². The number of anilines is 1. The molecule has 0 unspecified atom stereocenters. The van der Waals surface area contributed by atoms with Crippen LogP contribution in [0.15, 0.2) is 66.7 Å². The van der Waals surface area contributed by atoms with Gasteiger partial charge in [0.2, 0.25) is 5.91 Å². The summed E-state index contributed by atoms with van der Waals surface area (Å²) in [5.74, 6) is 0.347. The summed E-state index contributed by atoms with van der Waals surface area (Å²) in [5.41, 5.74) is 2.81. The number of benzene rings is 3. The number of carbonyl (C=O) groups is 2. The van der Waals surface area contributed by atoms with Crippen LogP contribution >= 0.6 is 0 Å². The van der Waals surface area contributed by atoms with Crippen LogP contribution in [0.2, 0.25) is 0 Å². The number of amides is 2. The van der Waals surface area contributed by atoms with Gasteiger partial charge < -0.3 is 20.1 Å². The molecule has 7 heteroatoms. The molecule has 0 aliphatic carbocycles. The van der Waals surface area contributed by atoms with E-state index in [0.717, 1.165) is 11.1 Å². The highest BCUT2D eigenvalue weighted by atomic mass is 19.1. The molecule has 1 aliphatic rings. The van der Waals surface area contributed by atoms with Crippen LogP contribution in [-0.2, 0) is 17.8 Å². The van der Waals surface area contributed by atoms with E-state index in [1.807, 2.05) is 6.07 Å². The molecule has 0 spiro atoms. The number of ether oxygens (including phenoxy) is 2. The maximum absolute atomic E-state index is 13.0. The Kier molecular flexibility index (Phi) is 6.35. The van der Waals surface area contributed by atoms with Crippen LogP contribution < -0.4 is 20.1 Å². The van der Waals surface area contributed by atoms with E-state index in [2.05, 4.69) is 10.6 Å². The van der Waals surface area contributed by atoms with Crippen molar-refractivity contribution >= 4 is 17.5 Å². The zero-order valence-corrected chi connectivity index (χ0v) is 17.6. The van der Waals surface area contributed by atoms with Crippen molar-refractivity contribution in [3.05, 3.63) is 89.2 Å². The van der Waals surface area contributed by atoms with Gasteiger partial charge in [0, 0.05) is 17.8 Å². The predicted molar refractivity (Wildman–Crippen MR) is 118 cm³/mol. The van der Waals surface area contributed by atoms with Gasteiger partial charge in [0.05, 0.1) is 13.0 Å². The number of methoxy groups -OCH3 is 1. The Morgan fingerprint density at radius 3 is 2.53 bits per heavy atom. The highest BCUT2D eigenvalue weighted by Crippen LogP contribution is 2.30. The molecule has 0 saturated carbocycles. The number of hydrogen-bond acceptors (Lipinski definition) is 4. The van der Waals surface area contributed by atoms with Crippen molar-refractivity contribution in [2.75, 3.05) is 19.0 Å². The molecule has 2 amide bonds. The van der Waals surface area contributed by atoms with E-state index in [1.54, 1.807) is 55.6 Å². The van der Waals surface area contributed by atoms with E-state index in [4.69, 9.17) is 9.47 Å². The molecule has 0 aromatic heterocycles. The lowest BCUT2D eigenvalue weighted by Crippen LogP contribution is -2.37. The standard InChI is InChI=1S/C25H23FN2O4/c1-31-22-9-4-17(5-10-22)25(30)28-21-8-11-23-18(13-21)12-19(15-32-23)24(29)27-14-16-2-6-20(26)7-3-16/h2-11,13,19H,12,14-15H2,1H3,(H,27,29)(H,28,30)/t19-/m1/s1. The van der Waals surface area contributed by atoms with E-state index in [1.165, 1.54) is 12.1 Å². The van der Waals surface area contributed by atoms with Crippen LogP contribution in [0.25, 0.3) is 0 Å². The number of halogens is 1. The van der Waals surface area contributed by atoms with Crippen molar-refractivity contribution in [3.63, 3.8) is 0 Å². The average Bonchev–Trinajstić information content (AvgIpc) is 2.83. The first-order valence-corrected chi connectivity index (χ1v) is 10.2. The smallest absolute Gasteiger partial charge is 0.255 e. The zero-order chi connectivity index (χ0) is 22.5. The van der Waals surface area contributed by atoms with E-state index in [0.29, 0.717) is 35.7 Å². The predicted octanol–water partition coefficient (Wildman–Crippen LogP) is 3.95. The van der Waals surface area contributed by atoms with Crippen molar-refractivity contribution < 1.29 is 23.5 Å². The Labute approximate surface area is 185 Å². The fraction of sp³-hybridized carbons (Fsp3) is 0.200. The third kappa shape index (κ3) is 5.06. The Morgan fingerprint density at radius 2 is 1.81 bits per heavy atom. The molecule has 0 fully saturated rings. The Balaban J connectivity index is 1.38. The third-order valence-electron chi connectivity index (χ3n) is 5.33. The highest BCUT2D eigenvalue weighted by Gasteiger charge is 2.26. The summed E-state index contributed by atoms with van der Waals surface area (Å²) in [7, 11) is 1.57. The Hall–Kier alpha value is -3.87. The van der Waals surface area contributed by atoms with Gasteiger partial charge in [0.15, 0.2) is 0 Å². The van der Waals surface area contributed by atoms with E-state index < -0.39 is 0 Å². The quantitative estimate of drug-likeness (QED) is 0.616. The van der Waals surface area contributed by atoms with E-state index in [-0.39, 0.29) is 30.2 Å². The van der Waals surface area contributed by atoms with Crippen molar-refractivity contribution in [2.24, 2.45) is 5.92 Å². The summed E-state index contributed by atoms with van der Waals surface area (Å²) in [4.78, 5) is 25.1. The number of rotatable bonds is 6. The van der Waals surface area contributed by atoms with E-state index >= 15 is 0 Å². The fourth-order valence-corrected chi connectivity index (χ4v) is 3.52. The number of nitrogens with one attached hydrogen (secondary N) is 2. The molecule has 164 valence electrons. The molecule has 4 rings (SSSR count). The van der Waals surface area contributed by atoms with Crippen molar-refractivity contribution in [1.82, 2.24) is 5.32 Å². The molecule has 1 aliphatic heterocycles. The van der Waals surface area contributed by atoms with Crippen LogP contribution in [0.5, 0.6) is 11.5 Å². The summed E-state index contributed by atoms with van der Waals surface area (Å²) in [6, 6.07) is 18.2. The van der Waals surface area contributed by atoms with E-state index in [9.17, 15) is 14.0 Å². The second-order valence-corrected chi connectivity index (χ2v) is 7.56. The van der Waals surface area contributed by atoms with Crippen LogP contribution in [0.3, 0.4) is 0 Å². The van der Waals surface area contributed by atoms with Gasteiger partial charge in [0.1, 0.15) is 23.9 Å². The molecular weight excluding hydrogens is 411 g/mol. The Bertz CT molecular complexity index is 1110. The summed E-state index contributed by atoms with van der Waals surface area (Å²) in [6.07, 6.45) is 0.497. The molecule has 3 aromatic carbocycles. The third-order valence-corrected chi connectivity index (χ3v) is 5.33. The first-order valence-electron chi connectivity index (χ1n) is 10.2. The molecule has 0 bridgehead atoms. The van der Waals surface area contributed by atoms with Crippen LogP contribution in [0.1, 0.15) is 21.5 Å². The topological polar surface area (TPSA) is 76.7 Å². The SMILES string of the molecule is COc1ccc(C(=O)Nc2ccc3c(c2)C[C@@H](C(=O)NCc2ccc(F)cc2)CO3)cc1. The summed E-state index contributed by atoms with van der Waals surface area (Å²) in [6.45, 7) is 0.597. The fourth-order valence-electron chi connectivity index (χ4n) is 3.52. The number of fused-ring (bicyclic) bond motifs is 1. The highest BCUT2D eigenvalue weighted by molar-refractivity contribution is 6.04. The number of hydrogen-bond donors (Lipinski definition) is 2. The molecule has 0 radical (unpaired) electrons. The molecule has 0 saturated heterocycles. The lowest BCUT2D eigenvalue weighted by atomic mass is 9.95. The Morgan fingerprint density at radius 1 is 1.06 bits per heavy atom. The van der Waals surface area contributed by atoms with Gasteiger partial charge >= 0.3 is 0 Å².